The summed E-state index contributed by atoms with van der Waals surface area (Å²) in [6.07, 6.45) is 4.47. The van der Waals surface area contributed by atoms with Crippen LogP contribution in [-0.2, 0) is 11.0 Å². The van der Waals surface area contributed by atoms with Gasteiger partial charge in [-0.1, -0.05) is 53.1 Å². The molecule has 3 heteroatoms. The number of unbranched alkanes of at least 4 members (excludes halogenated alkanes) is 2. The summed E-state index contributed by atoms with van der Waals surface area (Å²) in [5.41, 5.74) is 3.64. The summed E-state index contributed by atoms with van der Waals surface area (Å²) in [6.45, 7) is 3.81. The van der Waals surface area contributed by atoms with Crippen LogP contribution in [0.4, 0.5) is 0 Å². The van der Waals surface area contributed by atoms with Gasteiger partial charge in [0.15, 0.2) is 6.16 Å². The van der Waals surface area contributed by atoms with Crippen molar-refractivity contribution in [1.82, 2.24) is 0 Å². The van der Waals surface area contributed by atoms with Crippen LogP contribution in [0.2, 0.25) is 0 Å². The van der Waals surface area contributed by atoms with Crippen LogP contribution in [0.3, 0.4) is 0 Å². The second-order valence-corrected chi connectivity index (χ2v) is 7.58. The lowest BCUT2D eigenvalue weighted by atomic mass is 10.0. The number of benzene rings is 2. The van der Waals surface area contributed by atoms with Crippen LogP contribution in [-0.4, -0.2) is 11.7 Å². The quantitative estimate of drug-likeness (QED) is 0.461. The molecule has 0 spiro atoms. The van der Waals surface area contributed by atoms with Crippen molar-refractivity contribution in [2.24, 2.45) is 0 Å². The summed E-state index contributed by atoms with van der Waals surface area (Å²) in [4.78, 5) is 12.4. The van der Waals surface area contributed by atoms with E-state index in [1.165, 1.54) is 5.56 Å². The van der Waals surface area contributed by atoms with Gasteiger partial charge in [-0.25, -0.2) is 4.79 Å². The Bertz CT molecular complexity index is 657. The standard InChI is InChI=1S/C20H24O2P/c1-16-10-9-11-17(2)19(16)20(21)23(22)15-8-4-7-14-18-12-5-3-6-13-18/h3,5-6,9-13H,4,7-8,14-15H2,1-2H3/q+1. The summed E-state index contributed by atoms with van der Waals surface area (Å²) in [6, 6.07) is 16.1. The average Bonchev–Trinajstić information content (AvgIpc) is 2.55. The Morgan fingerprint density at radius 3 is 2.17 bits per heavy atom. The third-order valence-corrected chi connectivity index (χ3v) is 5.49. The molecule has 0 aliphatic rings. The first-order valence-corrected chi connectivity index (χ1v) is 9.63. The van der Waals surface area contributed by atoms with Gasteiger partial charge in [-0.2, -0.15) is 0 Å². The van der Waals surface area contributed by atoms with E-state index < -0.39 is 7.80 Å². The zero-order valence-electron chi connectivity index (χ0n) is 13.9. The maximum absolute atomic E-state index is 12.4. The average molecular weight is 327 g/mol. The van der Waals surface area contributed by atoms with Crippen molar-refractivity contribution in [2.75, 3.05) is 6.16 Å². The van der Waals surface area contributed by atoms with E-state index in [0.717, 1.165) is 36.8 Å². The van der Waals surface area contributed by atoms with Gasteiger partial charge in [0.05, 0.1) is 5.56 Å². The molecule has 0 N–H and O–H groups in total. The lowest BCUT2D eigenvalue weighted by Crippen LogP contribution is -2.01. The van der Waals surface area contributed by atoms with Crippen LogP contribution in [0.25, 0.3) is 0 Å². The summed E-state index contributed by atoms with van der Waals surface area (Å²) < 4.78 is 12.3. The predicted molar refractivity (Wildman–Crippen MR) is 96.7 cm³/mol. The van der Waals surface area contributed by atoms with Crippen molar-refractivity contribution in [1.29, 1.82) is 0 Å². The molecule has 2 nitrogen and oxygen atoms in total. The molecular weight excluding hydrogens is 303 g/mol. The molecule has 0 radical (unpaired) electrons. The fourth-order valence-corrected chi connectivity index (χ4v) is 4.10. The maximum Gasteiger partial charge on any atom is 0.420 e. The maximum atomic E-state index is 12.4. The molecular formula is C20H24O2P+. The van der Waals surface area contributed by atoms with Crippen molar-refractivity contribution in [3.63, 3.8) is 0 Å². The number of rotatable bonds is 8. The Hall–Kier alpha value is -1.79. The monoisotopic (exact) mass is 327 g/mol. The smallest absolute Gasteiger partial charge is 0.234 e. The van der Waals surface area contributed by atoms with E-state index in [0.29, 0.717) is 11.7 Å². The molecule has 1 unspecified atom stereocenters. The lowest BCUT2D eigenvalue weighted by Gasteiger charge is -2.02. The van der Waals surface area contributed by atoms with Gasteiger partial charge in [0.2, 0.25) is 0 Å². The molecule has 0 aliphatic carbocycles. The van der Waals surface area contributed by atoms with Crippen molar-refractivity contribution in [2.45, 2.75) is 39.5 Å². The minimum Gasteiger partial charge on any atom is -0.234 e. The predicted octanol–water partition coefficient (Wildman–Crippen LogP) is 5.68. The van der Waals surface area contributed by atoms with Gasteiger partial charge in [-0.15, -0.1) is 0 Å². The van der Waals surface area contributed by atoms with Gasteiger partial charge < -0.3 is 0 Å². The highest BCUT2D eigenvalue weighted by atomic mass is 31.1. The Kier molecular flexibility index (Phi) is 6.67. The number of hydrogen-bond acceptors (Lipinski definition) is 2. The number of carbonyl (C=O) groups is 1. The molecule has 0 saturated carbocycles. The number of aryl methyl sites for hydroxylation is 3. The molecule has 2 aromatic carbocycles. The second-order valence-electron chi connectivity index (χ2n) is 5.97. The summed E-state index contributed by atoms with van der Waals surface area (Å²) in [5, 5.41) is 0. The molecule has 0 fully saturated rings. The Balaban J connectivity index is 1.77. The molecule has 2 rings (SSSR count). The molecule has 0 amide bonds. The Labute approximate surface area is 139 Å². The van der Waals surface area contributed by atoms with Crippen LogP contribution < -0.4 is 0 Å². The van der Waals surface area contributed by atoms with E-state index >= 15 is 0 Å². The first-order chi connectivity index (χ1) is 11.1. The normalized spacial score (nSPS) is 11.3. The first kappa shape index (κ1) is 17.6. The fourth-order valence-electron chi connectivity index (χ4n) is 2.78. The Morgan fingerprint density at radius 2 is 1.52 bits per heavy atom. The van der Waals surface area contributed by atoms with Gasteiger partial charge in [0.25, 0.3) is 0 Å². The minimum atomic E-state index is -1.81. The SMILES string of the molecule is Cc1cccc(C)c1C(=O)[P+](=O)CCCCCc1ccccc1. The molecule has 2 aromatic rings. The third kappa shape index (κ3) is 5.11. The second kappa shape index (κ2) is 8.74. The number of hydrogen-bond donors (Lipinski definition) is 0. The molecule has 0 aliphatic heterocycles. The molecule has 1 atom stereocenters. The van der Waals surface area contributed by atoms with E-state index in [9.17, 15) is 9.36 Å². The van der Waals surface area contributed by atoms with E-state index in [2.05, 4.69) is 24.3 Å². The van der Waals surface area contributed by atoms with Gasteiger partial charge in [-0.05, 0) is 56.2 Å². The highest BCUT2D eigenvalue weighted by Gasteiger charge is 2.31. The zero-order valence-corrected chi connectivity index (χ0v) is 14.8. The van der Waals surface area contributed by atoms with Crippen LogP contribution in [0.1, 0.15) is 46.3 Å². The Morgan fingerprint density at radius 1 is 0.870 bits per heavy atom. The summed E-state index contributed by atoms with van der Waals surface area (Å²) in [5.74, 6) is 0. The topological polar surface area (TPSA) is 34.1 Å². The van der Waals surface area contributed by atoms with E-state index in [4.69, 9.17) is 0 Å². The zero-order chi connectivity index (χ0) is 16.7. The lowest BCUT2D eigenvalue weighted by molar-refractivity contribution is 0.107. The van der Waals surface area contributed by atoms with E-state index in [1.807, 2.05) is 38.1 Å². The third-order valence-electron chi connectivity index (χ3n) is 4.09. The van der Waals surface area contributed by atoms with Crippen molar-refractivity contribution in [3.8, 4) is 0 Å². The minimum absolute atomic E-state index is 0.182. The van der Waals surface area contributed by atoms with E-state index in [-0.39, 0.29) is 5.52 Å². The van der Waals surface area contributed by atoms with Crippen molar-refractivity contribution in [3.05, 3.63) is 70.8 Å². The molecule has 0 saturated heterocycles. The highest BCUT2D eigenvalue weighted by molar-refractivity contribution is 7.64. The highest BCUT2D eigenvalue weighted by Crippen LogP contribution is 2.31. The number of carbonyl (C=O) groups excluding carboxylic acids is 1. The van der Waals surface area contributed by atoms with Crippen LogP contribution in [0.5, 0.6) is 0 Å². The summed E-state index contributed by atoms with van der Waals surface area (Å²) in [7, 11) is -1.81. The molecule has 0 bridgehead atoms. The van der Waals surface area contributed by atoms with Crippen LogP contribution >= 0.6 is 7.80 Å². The van der Waals surface area contributed by atoms with Crippen molar-refractivity contribution < 1.29 is 9.36 Å². The molecule has 0 heterocycles. The van der Waals surface area contributed by atoms with Gasteiger partial charge in [0.1, 0.15) is 0 Å². The van der Waals surface area contributed by atoms with Crippen molar-refractivity contribution >= 4 is 13.3 Å². The first-order valence-electron chi connectivity index (χ1n) is 8.18. The largest absolute Gasteiger partial charge is 0.420 e. The van der Waals surface area contributed by atoms with Crippen LogP contribution in [0, 0.1) is 13.8 Å². The molecule has 0 aromatic heterocycles. The van der Waals surface area contributed by atoms with Gasteiger partial charge >= 0.3 is 13.3 Å². The molecule has 120 valence electrons. The molecule has 23 heavy (non-hydrogen) atoms. The fraction of sp³-hybridized carbons (Fsp3) is 0.350. The van der Waals surface area contributed by atoms with Gasteiger partial charge in [-0.3, -0.25) is 0 Å². The van der Waals surface area contributed by atoms with Gasteiger partial charge in [0, 0.05) is 0 Å². The van der Waals surface area contributed by atoms with Crippen LogP contribution in [0.15, 0.2) is 48.5 Å². The van der Waals surface area contributed by atoms with E-state index in [1.54, 1.807) is 0 Å². The summed E-state index contributed by atoms with van der Waals surface area (Å²) >= 11 is 0.